The van der Waals surface area contributed by atoms with Crippen LogP contribution in [0.25, 0.3) is 0 Å². The lowest BCUT2D eigenvalue weighted by atomic mass is 10.1. The van der Waals surface area contributed by atoms with E-state index in [1.807, 2.05) is 19.0 Å². The van der Waals surface area contributed by atoms with Crippen LogP contribution in [-0.2, 0) is 0 Å². The van der Waals surface area contributed by atoms with Gasteiger partial charge in [-0.05, 0) is 25.7 Å². The fraction of sp³-hybridized carbons (Fsp3) is 0.750. The summed E-state index contributed by atoms with van der Waals surface area (Å²) >= 11 is 0. The van der Waals surface area contributed by atoms with Crippen molar-refractivity contribution in [3.05, 3.63) is 0 Å². The van der Waals surface area contributed by atoms with Gasteiger partial charge in [0.05, 0.1) is 0 Å². The van der Waals surface area contributed by atoms with Crippen molar-refractivity contribution in [2.45, 2.75) is 31.7 Å². The molecule has 4 N–H and O–H groups in total. The molecule has 2 heterocycles. The highest BCUT2D eigenvalue weighted by Crippen LogP contribution is 2.26. The summed E-state index contributed by atoms with van der Waals surface area (Å²) in [6.45, 7) is 1.15. The maximum Gasteiger partial charge on any atom is 0.243 e. The summed E-state index contributed by atoms with van der Waals surface area (Å²) in [5, 5.41) is 8.99. The van der Waals surface area contributed by atoms with Gasteiger partial charge in [0.15, 0.2) is 0 Å². The molecule has 1 aliphatic rings. The lowest BCUT2D eigenvalue weighted by Crippen LogP contribution is -2.32. The Kier molecular flexibility index (Phi) is 4.91. The van der Waals surface area contributed by atoms with Crippen LogP contribution >= 0.6 is 0 Å². The zero-order chi connectivity index (χ0) is 14.5. The second kappa shape index (κ2) is 6.67. The van der Waals surface area contributed by atoms with E-state index in [4.69, 9.17) is 10.9 Å². The third-order valence-corrected chi connectivity index (χ3v) is 3.47. The topological polar surface area (TPSA) is 103 Å². The Labute approximate surface area is 119 Å². The molecule has 0 bridgehead atoms. The van der Waals surface area contributed by atoms with E-state index in [0.717, 1.165) is 32.2 Å². The van der Waals surface area contributed by atoms with Crippen LogP contribution in [0.1, 0.15) is 25.7 Å². The first-order valence-electron chi connectivity index (χ1n) is 6.93. The highest BCUT2D eigenvalue weighted by Gasteiger charge is 2.27. The van der Waals surface area contributed by atoms with Crippen molar-refractivity contribution < 1.29 is 5.11 Å². The van der Waals surface area contributed by atoms with Gasteiger partial charge < -0.3 is 14.9 Å². The molecule has 0 amide bonds. The summed E-state index contributed by atoms with van der Waals surface area (Å²) in [4.78, 5) is 17.1. The highest BCUT2D eigenvalue weighted by molar-refractivity contribution is 5.45. The predicted octanol–water partition coefficient (Wildman–Crippen LogP) is -0.0355. The van der Waals surface area contributed by atoms with Crippen LogP contribution in [-0.4, -0.2) is 53.3 Å². The standard InChI is InChI=1S/C12H23N7O/c1-18(2)11-14-10(17-13)15-12(16-11)19-7-3-5-9(19)6-4-8-20/h9,20H,3-8,13H2,1-2H3,(H,14,15,16,17). The van der Waals surface area contributed by atoms with E-state index in [-0.39, 0.29) is 6.61 Å². The summed E-state index contributed by atoms with van der Waals surface area (Å²) < 4.78 is 0. The number of hydrazine groups is 1. The van der Waals surface area contributed by atoms with Crippen molar-refractivity contribution in [1.29, 1.82) is 0 Å². The summed E-state index contributed by atoms with van der Waals surface area (Å²) in [5.74, 6) is 7.03. The largest absolute Gasteiger partial charge is 0.396 e. The van der Waals surface area contributed by atoms with E-state index in [1.54, 1.807) is 0 Å². The Balaban J connectivity index is 2.23. The molecule has 1 aromatic heterocycles. The number of hydrogen-bond acceptors (Lipinski definition) is 8. The minimum absolute atomic E-state index is 0.222. The zero-order valence-electron chi connectivity index (χ0n) is 12.1. The molecule has 0 spiro atoms. The Morgan fingerprint density at radius 1 is 1.40 bits per heavy atom. The fourth-order valence-corrected chi connectivity index (χ4v) is 2.47. The first-order chi connectivity index (χ1) is 9.65. The van der Waals surface area contributed by atoms with Crippen LogP contribution in [0.15, 0.2) is 0 Å². The van der Waals surface area contributed by atoms with Gasteiger partial charge >= 0.3 is 0 Å². The van der Waals surface area contributed by atoms with Crippen molar-refractivity contribution >= 4 is 17.8 Å². The number of nitrogens with zero attached hydrogens (tertiary/aromatic N) is 5. The molecule has 112 valence electrons. The lowest BCUT2D eigenvalue weighted by molar-refractivity contribution is 0.279. The van der Waals surface area contributed by atoms with Crippen molar-refractivity contribution in [3.63, 3.8) is 0 Å². The van der Waals surface area contributed by atoms with E-state index in [2.05, 4.69) is 25.3 Å². The number of nitrogens with two attached hydrogens (primary N) is 1. The van der Waals surface area contributed by atoms with Crippen molar-refractivity contribution in [2.75, 3.05) is 42.5 Å². The minimum Gasteiger partial charge on any atom is -0.396 e. The number of nitrogens with one attached hydrogen (secondary N) is 1. The molecule has 0 aromatic carbocycles. The van der Waals surface area contributed by atoms with Gasteiger partial charge in [-0.3, -0.25) is 5.43 Å². The molecule has 0 aliphatic carbocycles. The Morgan fingerprint density at radius 2 is 2.20 bits per heavy atom. The molecule has 1 unspecified atom stereocenters. The van der Waals surface area contributed by atoms with Crippen LogP contribution in [0.3, 0.4) is 0 Å². The molecule has 1 saturated heterocycles. The van der Waals surface area contributed by atoms with E-state index in [1.165, 1.54) is 0 Å². The van der Waals surface area contributed by atoms with E-state index in [9.17, 15) is 0 Å². The monoisotopic (exact) mass is 281 g/mol. The zero-order valence-corrected chi connectivity index (χ0v) is 12.1. The van der Waals surface area contributed by atoms with Gasteiger partial charge in [-0.1, -0.05) is 0 Å². The molecule has 1 aliphatic heterocycles. The van der Waals surface area contributed by atoms with E-state index in [0.29, 0.717) is 23.9 Å². The van der Waals surface area contributed by atoms with Gasteiger partial charge in [-0.25, -0.2) is 5.84 Å². The third kappa shape index (κ3) is 3.26. The molecule has 20 heavy (non-hydrogen) atoms. The van der Waals surface area contributed by atoms with Gasteiger partial charge in [0, 0.05) is 33.3 Å². The number of hydrogen-bond donors (Lipinski definition) is 3. The van der Waals surface area contributed by atoms with Crippen LogP contribution in [0.5, 0.6) is 0 Å². The molecule has 1 aromatic rings. The summed E-state index contributed by atoms with van der Waals surface area (Å²) in [6, 6.07) is 0.380. The average molecular weight is 281 g/mol. The minimum atomic E-state index is 0.222. The molecule has 8 nitrogen and oxygen atoms in total. The Morgan fingerprint density at radius 3 is 2.85 bits per heavy atom. The molecule has 8 heteroatoms. The first-order valence-corrected chi connectivity index (χ1v) is 6.93. The number of nitrogen functional groups attached to an aromatic ring is 1. The van der Waals surface area contributed by atoms with Crippen molar-refractivity contribution in [3.8, 4) is 0 Å². The maximum absolute atomic E-state index is 8.99. The Bertz CT molecular complexity index is 440. The lowest BCUT2D eigenvalue weighted by Gasteiger charge is -2.25. The Hall–Kier alpha value is -1.67. The fourth-order valence-electron chi connectivity index (χ4n) is 2.47. The molecular formula is C12H23N7O. The van der Waals surface area contributed by atoms with Gasteiger partial charge in [0.2, 0.25) is 17.8 Å². The maximum atomic E-state index is 8.99. The van der Waals surface area contributed by atoms with Crippen LogP contribution in [0.2, 0.25) is 0 Å². The molecule has 0 saturated carbocycles. The molecule has 1 atom stereocenters. The average Bonchev–Trinajstić information content (AvgIpc) is 2.92. The predicted molar refractivity (Wildman–Crippen MR) is 78.7 cm³/mol. The SMILES string of the molecule is CN(C)c1nc(NN)nc(N2CCCC2CCCO)n1. The number of anilines is 3. The molecular weight excluding hydrogens is 258 g/mol. The summed E-state index contributed by atoms with van der Waals surface area (Å²) in [6.07, 6.45) is 3.97. The van der Waals surface area contributed by atoms with Crippen molar-refractivity contribution in [2.24, 2.45) is 5.84 Å². The third-order valence-electron chi connectivity index (χ3n) is 3.47. The molecule has 0 radical (unpaired) electrons. The summed E-state index contributed by atoms with van der Waals surface area (Å²) in [5.41, 5.74) is 2.49. The molecule has 1 fully saturated rings. The van der Waals surface area contributed by atoms with Crippen LogP contribution in [0.4, 0.5) is 17.8 Å². The number of aromatic nitrogens is 3. The first kappa shape index (κ1) is 14.7. The van der Waals surface area contributed by atoms with Gasteiger partial charge in [-0.15, -0.1) is 0 Å². The second-order valence-corrected chi connectivity index (χ2v) is 5.15. The number of aliphatic hydroxyl groups excluding tert-OH is 1. The smallest absolute Gasteiger partial charge is 0.243 e. The summed E-state index contributed by atoms with van der Waals surface area (Å²) in [7, 11) is 3.76. The van der Waals surface area contributed by atoms with Gasteiger partial charge in [-0.2, -0.15) is 15.0 Å². The molecule has 2 rings (SSSR count). The van der Waals surface area contributed by atoms with Crippen LogP contribution < -0.4 is 21.1 Å². The van der Waals surface area contributed by atoms with Gasteiger partial charge in [0.1, 0.15) is 0 Å². The number of rotatable bonds is 6. The van der Waals surface area contributed by atoms with E-state index < -0.39 is 0 Å². The number of aliphatic hydroxyl groups is 1. The quantitative estimate of drug-likeness (QED) is 0.493. The normalized spacial score (nSPS) is 18.4. The second-order valence-electron chi connectivity index (χ2n) is 5.15. The van der Waals surface area contributed by atoms with Gasteiger partial charge in [0.25, 0.3) is 0 Å². The van der Waals surface area contributed by atoms with Crippen LogP contribution in [0, 0.1) is 0 Å². The highest BCUT2D eigenvalue weighted by atomic mass is 16.2. The van der Waals surface area contributed by atoms with E-state index >= 15 is 0 Å². The van der Waals surface area contributed by atoms with Crippen molar-refractivity contribution in [1.82, 2.24) is 15.0 Å².